The fraction of sp³-hybridized carbons (Fsp3) is 0.0698. The average Bonchev–Trinajstić information content (AvgIpc) is 3.85. The molecule has 0 fully saturated rings. The Labute approximate surface area is 317 Å². The van der Waals surface area contributed by atoms with Crippen LogP contribution in [-0.2, 0) is 21.2 Å². The second-order valence-corrected chi connectivity index (χ2v) is 12.4. The van der Waals surface area contributed by atoms with E-state index in [-0.39, 0.29) is 5.34 Å². The van der Waals surface area contributed by atoms with Gasteiger partial charge in [0.1, 0.15) is 11.4 Å². The molecular formula is C43H34Cl2N4O4. The normalized spacial score (nSPS) is 18.6. The Morgan fingerprint density at radius 1 is 0.396 bits per heavy atom. The highest BCUT2D eigenvalue weighted by molar-refractivity contribution is 6.40. The zero-order valence-electron chi connectivity index (χ0n) is 28.3. The summed E-state index contributed by atoms with van der Waals surface area (Å²) in [6.45, 7) is 0. The van der Waals surface area contributed by atoms with E-state index in [2.05, 4.69) is 9.98 Å². The van der Waals surface area contributed by atoms with Crippen molar-refractivity contribution in [3.63, 3.8) is 0 Å². The van der Waals surface area contributed by atoms with E-state index in [0.717, 1.165) is 22.3 Å². The molecule has 0 bridgehead atoms. The number of aliphatic imine (C=N–C) groups is 4. The third-order valence-electron chi connectivity index (χ3n) is 8.36. The Hall–Kier alpha value is -5.58. The van der Waals surface area contributed by atoms with Crippen LogP contribution in [0, 0.1) is 0 Å². The minimum atomic E-state index is -1.38. The van der Waals surface area contributed by atoms with Gasteiger partial charge < -0.3 is 0 Å². The monoisotopic (exact) mass is 740 g/mol. The summed E-state index contributed by atoms with van der Waals surface area (Å²) in [4.78, 5) is 28.7. The molecule has 0 saturated carbocycles. The lowest BCUT2D eigenvalue weighted by Crippen LogP contribution is -2.34. The van der Waals surface area contributed by atoms with E-state index in [0.29, 0.717) is 34.2 Å². The number of amidine groups is 2. The second-order valence-electron chi connectivity index (χ2n) is 11.6. The molecule has 2 aliphatic rings. The topological polar surface area (TPSA) is 108 Å². The summed E-state index contributed by atoms with van der Waals surface area (Å²) in [7, 11) is 0. The molecule has 2 aliphatic heterocycles. The molecule has 0 aliphatic carbocycles. The lowest BCUT2D eigenvalue weighted by atomic mass is 9.93. The van der Waals surface area contributed by atoms with Crippen molar-refractivity contribution in [3.8, 4) is 0 Å². The molecule has 53 heavy (non-hydrogen) atoms. The van der Waals surface area contributed by atoms with Gasteiger partial charge in [-0.1, -0.05) is 182 Å². The number of hydrogen-bond acceptors (Lipinski definition) is 8. The molecule has 0 spiro atoms. The van der Waals surface area contributed by atoms with Gasteiger partial charge in [-0.3, -0.25) is 0 Å². The molecule has 2 atom stereocenters. The molecule has 2 heterocycles. The van der Waals surface area contributed by atoms with E-state index in [4.69, 9.17) is 43.0 Å². The number of rotatable bonds is 8. The fourth-order valence-corrected chi connectivity index (χ4v) is 5.93. The van der Waals surface area contributed by atoms with E-state index in [9.17, 15) is 10.5 Å². The van der Waals surface area contributed by atoms with Gasteiger partial charge in [-0.05, 0) is 0 Å². The molecule has 2 N–H and O–H groups in total. The van der Waals surface area contributed by atoms with Gasteiger partial charge in [-0.15, -0.1) is 23.2 Å². The number of hydrogen-bond donors (Lipinski definition) is 2. The van der Waals surface area contributed by atoms with Crippen molar-refractivity contribution in [2.75, 3.05) is 5.34 Å². The molecule has 0 aromatic heterocycles. The summed E-state index contributed by atoms with van der Waals surface area (Å²) >= 11 is 9.53. The Morgan fingerprint density at radius 2 is 0.642 bits per heavy atom. The van der Waals surface area contributed by atoms with Gasteiger partial charge in [-0.2, -0.15) is 9.78 Å². The van der Waals surface area contributed by atoms with Crippen LogP contribution in [0.4, 0.5) is 0 Å². The van der Waals surface area contributed by atoms with Crippen molar-refractivity contribution in [3.05, 3.63) is 215 Å². The summed E-state index contributed by atoms with van der Waals surface area (Å²) in [5, 5.41) is 20.0. The quantitative estimate of drug-likeness (QED) is 0.0920. The maximum atomic E-state index is 9.88. The van der Waals surface area contributed by atoms with Crippen LogP contribution >= 0.6 is 23.2 Å². The van der Waals surface area contributed by atoms with Crippen LogP contribution in [0.1, 0.15) is 33.4 Å². The van der Waals surface area contributed by atoms with Gasteiger partial charge in [-0.25, -0.2) is 30.5 Å². The van der Waals surface area contributed by atoms with Crippen LogP contribution < -0.4 is 0 Å². The molecule has 0 unspecified atom stereocenters. The number of nitrogens with zero attached hydrogens (tertiary/aromatic N) is 4. The molecule has 0 radical (unpaired) electrons. The standard InChI is InChI=1S/2C21H16N2O2.CH2Cl2/c2*24-25-21(18-14-8-3-9-15-18)19(16-10-4-1-5-11-16)22-20(23-21)17-12-6-2-7-13-17;2-1-3/h2*1-15,24H;1H2/t2*21-;/m00./s1. The van der Waals surface area contributed by atoms with Crippen molar-refractivity contribution >= 4 is 46.3 Å². The second kappa shape index (κ2) is 17.8. The van der Waals surface area contributed by atoms with Crippen molar-refractivity contribution in [2.24, 2.45) is 20.0 Å². The van der Waals surface area contributed by atoms with Crippen LogP contribution in [0.15, 0.2) is 202 Å². The highest BCUT2D eigenvalue weighted by atomic mass is 35.5. The van der Waals surface area contributed by atoms with Crippen LogP contribution in [0.25, 0.3) is 0 Å². The predicted molar refractivity (Wildman–Crippen MR) is 212 cm³/mol. The van der Waals surface area contributed by atoms with E-state index in [1.54, 1.807) is 0 Å². The van der Waals surface area contributed by atoms with Crippen LogP contribution in [-0.4, -0.2) is 38.9 Å². The summed E-state index contributed by atoms with van der Waals surface area (Å²) in [6, 6.07) is 57.4. The maximum Gasteiger partial charge on any atom is 0.262 e. The smallest absolute Gasteiger partial charge is 0.249 e. The Kier molecular flexibility index (Phi) is 12.5. The van der Waals surface area contributed by atoms with Gasteiger partial charge >= 0.3 is 0 Å². The van der Waals surface area contributed by atoms with Crippen molar-refractivity contribution < 1.29 is 20.3 Å². The molecule has 8 rings (SSSR count). The van der Waals surface area contributed by atoms with Gasteiger partial charge in [0.05, 0.1) is 5.34 Å². The molecule has 264 valence electrons. The molecule has 0 saturated heterocycles. The van der Waals surface area contributed by atoms with E-state index in [1.807, 2.05) is 182 Å². The molecule has 8 nitrogen and oxygen atoms in total. The van der Waals surface area contributed by atoms with E-state index >= 15 is 0 Å². The zero-order valence-corrected chi connectivity index (χ0v) is 29.8. The first-order valence-electron chi connectivity index (χ1n) is 16.6. The summed E-state index contributed by atoms with van der Waals surface area (Å²) in [5.41, 5.74) is 3.20. The maximum absolute atomic E-state index is 9.88. The lowest BCUT2D eigenvalue weighted by Gasteiger charge is -2.24. The molecule has 10 heteroatoms. The summed E-state index contributed by atoms with van der Waals surface area (Å²) in [5.74, 6) is 1.05. The van der Waals surface area contributed by atoms with Crippen molar-refractivity contribution in [1.82, 2.24) is 0 Å². The van der Waals surface area contributed by atoms with Gasteiger partial charge in [0.15, 0.2) is 11.7 Å². The Bertz CT molecular complexity index is 2030. The zero-order chi connectivity index (χ0) is 36.9. The molecule has 6 aromatic rings. The van der Waals surface area contributed by atoms with Gasteiger partial charge in [0.2, 0.25) is 0 Å². The average molecular weight is 742 g/mol. The number of halogens is 2. The molecule has 0 amide bonds. The first-order chi connectivity index (χ1) is 26.1. The molecule has 6 aromatic carbocycles. The first kappa shape index (κ1) is 37.2. The largest absolute Gasteiger partial charge is 0.262 e. The first-order valence-corrected chi connectivity index (χ1v) is 17.6. The highest BCUT2D eigenvalue weighted by Crippen LogP contribution is 2.38. The fourth-order valence-electron chi connectivity index (χ4n) is 5.93. The Balaban J connectivity index is 0.000000169. The van der Waals surface area contributed by atoms with E-state index in [1.165, 1.54) is 0 Å². The summed E-state index contributed by atoms with van der Waals surface area (Å²) in [6.07, 6.45) is 0. The highest BCUT2D eigenvalue weighted by Gasteiger charge is 2.46. The van der Waals surface area contributed by atoms with Crippen LogP contribution in [0.5, 0.6) is 0 Å². The number of benzene rings is 6. The predicted octanol–water partition coefficient (Wildman–Crippen LogP) is 9.98. The number of alkyl halides is 2. The van der Waals surface area contributed by atoms with Crippen molar-refractivity contribution in [2.45, 2.75) is 11.4 Å². The van der Waals surface area contributed by atoms with Gasteiger partial charge in [0, 0.05) is 33.4 Å². The minimum absolute atomic E-state index is 0.194. The third-order valence-corrected chi connectivity index (χ3v) is 8.36. The van der Waals surface area contributed by atoms with Crippen molar-refractivity contribution in [1.29, 1.82) is 0 Å². The SMILES string of the molecule is ClCCl.OO[C@]1(c2ccccc2)N=C(c2ccccc2)N=C1c1ccccc1.OO[C@]1(c2ccccc2)N=C(c2ccccc2)N=C1c1ccccc1. The summed E-state index contributed by atoms with van der Waals surface area (Å²) < 4.78 is 0. The van der Waals surface area contributed by atoms with Gasteiger partial charge in [0.25, 0.3) is 11.4 Å². The minimum Gasteiger partial charge on any atom is -0.249 e. The molecular weight excluding hydrogens is 707 g/mol. The lowest BCUT2D eigenvalue weighted by molar-refractivity contribution is -0.302. The van der Waals surface area contributed by atoms with E-state index < -0.39 is 11.4 Å². The van der Waals surface area contributed by atoms with Crippen LogP contribution in [0.2, 0.25) is 0 Å². The third kappa shape index (κ3) is 8.09. The Morgan fingerprint density at radius 3 is 0.906 bits per heavy atom. The van der Waals surface area contributed by atoms with Crippen LogP contribution in [0.3, 0.4) is 0 Å².